The molecule has 1 aromatic heterocycles. The van der Waals surface area contributed by atoms with E-state index in [4.69, 9.17) is 5.73 Å². The van der Waals surface area contributed by atoms with E-state index >= 15 is 0 Å². The number of anilines is 1. The predicted molar refractivity (Wildman–Crippen MR) is 39.4 cm³/mol. The fourth-order valence-corrected chi connectivity index (χ4v) is 0.376. The molecule has 5 N–H and O–H groups in total. The Morgan fingerprint density at radius 2 is 2.00 bits per heavy atom. The van der Waals surface area contributed by atoms with Gasteiger partial charge in [0.05, 0.1) is 0 Å². The molecular formula is C5H9N3Na. The summed E-state index contributed by atoms with van der Waals surface area (Å²) in [6.07, 6.45) is 1.66. The minimum absolute atomic E-state index is 0. The third-order valence-corrected chi connectivity index (χ3v) is 0.688. The molecule has 0 saturated carbocycles. The van der Waals surface area contributed by atoms with Crippen molar-refractivity contribution in [2.75, 3.05) is 5.73 Å². The molecule has 0 aliphatic carbocycles. The van der Waals surface area contributed by atoms with Crippen LogP contribution in [-0.4, -0.2) is 34.5 Å². The van der Waals surface area contributed by atoms with Crippen LogP contribution in [-0.2, 0) is 0 Å². The summed E-state index contributed by atoms with van der Waals surface area (Å²) in [5.41, 5.74) is 5.25. The Balaban J connectivity index is 0. The summed E-state index contributed by atoms with van der Waals surface area (Å²) in [7, 11) is 0. The van der Waals surface area contributed by atoms with Crippen LogP contribution in [0.4, 0.5) is 5.82 Å². The van der Waals surface area contributed by atoms with Gasteiger partial charge in [0.2, 0.25) is 0 Å². The van der Waals surface area contributed by atoms with Crippen LogP contribution in [0.5, 0.6) is 0 Å². The summed E-state index contributed by atoms with van der Waals surface area (Å²) in [6.45, 7) is 0. The first-order chi connectivity index (χ1) is 3.39. The maximum Gasteiger partial charge on any atom is 0.123 e. The third kappa shape index (κ3) is 4.42. The maximum absolute atomic E-state index is 5.25. The smallest absolute Gasteiger partial charge is 0.123 e. The number of nitrogen functional groups attached to an aromatic ring is 1. The number of hydrogen-bond acceptors (Lipinski definition) is 3. The van der Waals surface area contributed by atoms with Gasteiger partial charge >= 0.3 is 0 Å². The van der Waals surface area contributed by atoms with Gasteiger partial charge in [-0.3, -0.25) is 0 Å². The summed E-state index contributed by atoms with van der Waals surface area (Å²) >= 11 is 0. The van der Waals surface area contributed by atoms with E-state index in [2.05, 4.69) is 4.98 Å². The number of rotatable bonds is 0. The second-order valence-corrected chi connectivity index (χ2v) is 1.25. The van der Waals surface area contributed by atoms with Gasteiger partial charge in [0.25, 0.3) is 0 Å². The van der Waals surface area contributed by atoms with E-state index in [1.807, 2.05) is 12.1 Å². The molecule has 4 heteroatoms. The molecule has 0 aliphatic rings. The summed E-state index contributed by atoms with van der Waals surface area (Å²) in [5.74, 6) is 0.572. The van der Waals surface area contributed by atoms with E-state index in [9.17, 15) is 0 Å². The van der Waals surface area contributed by atoms with Crippen molar-refractivity contribution in [3.63, 3.8) is 0 Å². The molecule has 0 aromatic carbocycles. The van der Waals surface area contributed by atoms with E-state index in [-0.39, 0.29) is 35.7 Å². The zero-order valence-corrected chi connectivity index (χ0v) is 7.54. The maximum atomic E-state index is 5.25. The number of aromatic nitrogens is 1. The molecule has 1 heterocycles. The third-order valence-electron chi connectivity index (χ3n) is 0.688. The second-order valence-electron chi connectivity index (χ2n) is 1.25. The molecule has 45 valence electrons. The fourth-order valence-electron chi connectivity index (χ4n) is 0.376. The molecule has 9 heavy (non-hydrogen) atoms. The summed E-state index contributed by atoms with van der Waals surface area (Å²) in [5, 5.41) is 0. The fraction of sp³-hybridized carbons (Fsp3) is 0. The standard InChI is InChI=1S/C5H6N2.H3N.Na/c6-5-3-1-2-4-7-5;;/h1-4H,(H2,6,7);1H3;. The van der Waals surface area contributed by atoms with E-state index in [1.54, 1.807) is 12.3 Å². The van der Waals surface area contributed by atoms with Crippen LogP contribution in [0, 0.1) is 0 Å². The normalized spacial score (nSPS) is 6.67. The average molecular weight is 134 g/mol. The molecule has 0 spiro atoms. The van der Waals surface area contributed by atoms with Crippen molar-refractivity contribution in [2.24, 2.45) is 0 Å². The first-order valence-corrected chi connectivity index (χ1v) is 2.06. The zero-order valence-electron chi connectivity index (χ0n) is 5.54. The molecule has 0 amide bonds. The molecule has 0 unspecified atom stereocenters. The molecule has 0 aliphatic heterocycles. The van der Waals surface area contributed by atoms with Gasteiger partial charge < -0.3 is 11.9 Å². The van der Waals surface area contributed by atoms with Crippen LogP contribution < -0.4 is 11.9 Å². The Bertz CT molecular complexity index is 142. The minimum atomic E-state index is 0. The van der Waals surface area contributed by atoms with E-state index < -0.39 is 0 Å². The first-order valence-electron chi connectivity index (χ1n) is 2.06. The molecule has 0 bridgehead atoms. The number of hydrogen-bond donors (Lipinski definition) is 2. The minimum Gasteiger partial charge on any atom is -0.384 e. The van der Waals surface area contributed by atoms with E-state index in [0.717, 1.165) is 0 Å². The van der Waals surface area contributed by atoms with Gasteiger partial charge in [-0.1, -0.05) is 6.07 Å². The Morgan fingerprint density at radius 3 is 2.22 bits per heavy atom. The number of nitrogens with zero attached hydrogens (tertiary/aromatic N) is 1. The van der Waals surface area contributed by atoms with Crippen LogP contribution in [0.3, 0.4) is 0 Å². The van der Waals surface area contributed by atoms with Gasteiger partial charge in [-0.2, -0.15) is 0 Å². The van der Waals surface area contributed by atoms with Crippen molar-refractivity contribution >= 4 is 35.4 Å². The van der Waals surface area contributed by atoms with Gasteiger partial charge in [-0.05, 0) is 12.1 Å². The van der Waals surface area contributed by atoms with Crippen molar-refractivity contribution < 1.29 is 0 Å². The van der Waals surface area contributed by atoms with Crippen molar-refractivity contribution in [1.82, 2.24) is 11.1 Å². The average Bonchev–Trinajstić information content (AvgIpc) is 1.69. The Hall–Kier alpha value is -0.0900. The molecule has 0 saturated heterocycles. The second kappa shape index (κ2) is 6.04. The van der Waals surface area contributed by atoms with Crippen LogP contribution >= 0.6 is 0 Å². The topological polar surface area (TPSA) is 73.9 Å². The molecule has 1 aromatic rings. The first kappa shape index (κ1) is 11.7. The molecule has 3 nitrogen and oxygen atoms in total. The van der Waals surface area contributed by atoms with Crippen LogP contribution in [0.15, 0.2) is 24.4 Å². The van der Waals surface area contributed by atoms with Crippen molar-refractivity contribution in [1.29, 1.82) is 0 Å². The van der Waals surface area contributed by atoms with Gasteiger partial charge in [0.1, 0.15) is 5.82 Å². The van der Waals surface area contributed by atoms with Gasteiger partial charge in [0.15, 0.2) is 0 Å². The monoisotopic (exact) mass is 134 g/mol. The van der Waals surface area contributed by atoms with E-state index in [0.29, 0.717) is 5.82 Å². The molecule has 0 fully saturated rings. The van der Waals surface area contributed by atoms with Crippen LogP contribution in [0.2, 0.25) is 0 Å². The summed E-state index contributed by atoms with van der Waals surface area (Å²) in [4.78, 5) is 3.76. The number of pyridine rings is 1. The molecule has 1 radical (unpaired) electrons. The molecule has 0 atom stereocenters. The predicted octanol–water partition coefficient (Wildman–Crippen LogP) is 0.445. The summed E-state index contributed by atoms with van der Waals surface area (Å²) < 4.78 is 0. The van der Waals surface area contributed by atoms with Gasteiger partial charge in [-0.15, -0.1) is 0 Å². The van der Waals surface area contributed by atoms with Crippen molar-refractivity contribution in [3.05, 3.63) is 24.4 Å². The quantitative estimate of drug-likeness (QED) is 0.506. The van der Waals surface area contributed by atoms with Crippen molar-refractivity contribution in [3.8, 4) is 0 Å². The van der Waals surface area contributed by atoms with Gasteiger partial charge in [0, 0.05) is 35.8 Å². The zero-order chi connectivity index (χ0) is 5.11. The Labute approximate surface area is 76.5 Å². The largest absolute Gasteiger partial charge is 0.384 e. The Kier molecular flexibility index (Phi) is 7.83. The van der Waals surface area contributed by atoms with Crippen LogP contribution in [0.25, 0.3) is 0 Å². The van der Waals surface area contributed by atoms with Crippen molar-refractivity contribution in [2.45, 2.75) is 0 Å². The van der Waals surface area contributed by atoms with Crippen LogP contribution in [0.1, 0.15) is 0 Å². The summed E-state index contributed by atoms with van der Waals surface area (Å²) in [6, 6.07) is 5.43. The Morgan fingerprint density at radius 1 is 1.33 bits per heavy atom. The van der Waals surface area contributed by atoms with E-state index in [1.165, 1.54) is 0 Å². The number of nitrogens with two attached hydrogens (primary N) is 1. The molecule has 1 rings (SSSR count). The molecular weight excluding hydrogens is 125 g/mol. The van der Waals surface area contributed by atoms with Gasteiger partial charge in [-0.25, -0.2) is 4.98 Å². The SMILES string of the molecule is N.Nc1ccccn1.[Na].